The number of nitrogens with zero attached hydrogens (tertiary/aromatic N) is 5. The number of hydroxylamine groups is 1. The number of aliphatic hydroxyl groups excluding tert-OH is 1. The maximum atomic E-state index is 11.7. The predicted molar refractivity (Wildman–Crippen MR) is 64.0 cm³/mol. The second-order valence-electron chi connectivity index (χ2n) is 4.05. The predicted octanol–water partition coefficient (Wildman–Crippen LogP) is -1.23. The zero-order valence-corrected chi connectivity index (χ0v) is 10.1. The van der Waals surface area contributed by atoms with Crippen LogP contribution in [0.2, 0.25) is 0 Å². The van der Waals surface area contributed by atoms with E-state index in [1.807, 2.05) is 0 Å². The van der Waals surface area contributed by atoms with Crippen molar-refractivity contribution < 1.29 is 9.94 Å². The first-order valence-corrected chi connectivity index (χ1v) is 5.49. The molecule has 1 aromatic heterocycles. The smallest absolute Gasteiger partial charge is 0.348 e. The molecule has 10 nitrogen and oxygen atoms in total. The van der Waals surface area contributed by atoms with Crippen LogP contribution < -0.4 is 16.4 Å². The zero-order chi connectivity index (χ0) is 14.0. The van der Waals surface area contributed by atoms with Gasteiger partial charge in [-0.3, -0.25) is 14.6 Å². The molecule has 0 aromatic carbocycles. The largest absolute Gasteiger partial charge is 0.394 e. The molecule has 0 bridgehead atoms. The molecule has 0 spiro atoms. The SMILES string of the molecule is Cc1cn(N2C[C@H](N=[N+]=[N-])[C@@H](CO)O2)c(=O)[nH]c1=O. The van der Waals surface area contributed by atoms with E-state index in [0.717, 1.165) is 9.85 Å². The summed E-state index contributed by atoms with van der Waals surface area (Å²) in [5, 5.41) is 13.7. The van der Waals surface area contributed by atoms with E-state index < -0.39 is 23.4 Å². The van der Waals surface area contributed by atoms with Crippen LogP contribution in [0, 0.1) is 6.92 Å². The van der Waals surface area contributed by atoms with E-state index in [4.69, 9.17) is 15.5 Å². The van der Waals surface area contributed by atoms with Crippen molar-refractivity contribution in [3.63, 3.8) is 0 Å². The fraction of sp³-hybridized carbons (Fsp3) is 0.556. The highest BCUT2D eigenvalue weighted by atomic mass is 16.7. The van der Waals surface area contributed by atoms with Crippen molar-refractivity contribution in [2.45, 2.75) is 19.1 Å². The van der Waals surface area contributed by atoms with E-state index in [1.54, 1.807) is 6.92 Å². The molecule has 102 valence electrons. The van der Waals surface area contributed by atoms with Gasteiger partial charge in [0.15, 0.2) is 0 Å². The van der Waals surface area contributed by atoms with Crippen molar-refractivity contribution in [3.8, 4) is 0 Å². The molecule has 1 saturated heterocycles. The number of aliphatic hydroxyl groups is 1. The van der Waals surface area contributed by atoms with Gasteiger partial charge in [0.25, 0.3) is 5.56 Å². The molecule has 10 heteroatoms. The Morgan fingerprint density at radius 3 is 3.05 bits per heavy atom. The lowest BCUT2D eigenvalue weighted by Crippen LogP contribution is -2.43. The van der Waals surface area contributed by atoms with Gasteiger partial charge in [0.2, 0.25) is 0 Å². The molecule has 19 heavy (non-hydrogen) atoms. The number of hydrogen-bond acceptors (Lipinski definition) is 6. The highest BCUT2D eigenvalue weighted by molar-refractivity contribution is 5.04. The van der Waals surface area contributed by atoms with Gasteiger partial charge in [-0.25, -0.2) is 4.79 Å². The summed E-state index contributed by atoms with van der Waals surface area (Å²) in [5.41, 5.74) is 7.59. The second-order valence-corrected chi connectivity index (χ2v) is 4.05. The van der Waals surface area contributed by atoms with Crippen LogP contribution in [0.15, 0.2) is 20.9 Å². The van der Waals surface area contributed by atoms with Gasteiger partial charge in [-0.05, 0) is 12.5 Å². The maximum absolute atomic E-state index is 11.7. The van der Waals surface area contributed by atoms with Crippen molar-refractivity contribution in [1.29, 1.82) is 0 Å². The van der Waals surface area contributed by atoms with Crippen LogP contribution in [0.1, 0.15) is 5.56 Å². The van der Waals surface area contributed by atoms with Gasteiger partial charge in [0, 0.05) is 16.7 Å². The van der Waals surface area contributed by atoms with Gasteiger partial charge in [0.1, 0.15) is 6.10 Å². The number of aryl methyl sites for hydroxylation is 1. The molecule has 0 aliphatic carbocycles. The summed E-state index contributed by atoms with van der Waals surface area (Å²) in [7, 11) is 0. The first-order chi connectivity index (χ1) is 9.06. The Labute approximate surface area is 106 Å². The fourth-order valence-corrected chi connectivity index (χ4v) is 1.74. The van der Waals surface area contributed by atoms with Gasteiger partial charge in [0.05, 0.1) is 19.2 Å². The summed E-state index contributed by atoms with van der Waals surface area (Å²) in [6, 6.07) is -0.617. The van der Waals surface area contributed by atoms with Gasteiger partial charge in [-0.2, -0.15) is 9.85 Å². The number of rotatable bonds is 3. The summed E-state index contributed by atoms with van der Waals surface area (Å²) in [4.78, 5) is 33.0. The van der Waals surface area contributed by atoms with E-state index in [9.17, 15) is 9.59 Å². The number of azide groups is 1. The van der Waals surface area contributed by atoms with Crippen molar-refractivity contribution in [1.82, 2.24) is 9.66 Å². The summed E-state index contributed by atoms with van der Waals surface area (Å²) in [6.45, 7) is 1.29. The number of aromatic amines is 1. The van der Waals surface area contributed by atoms with Crippen LogP contribution in [0.5, 0.6) is 0 Å². The van der Waals surface area contributed by atoms with Gasteiger partial charge in [-0.15, -0.1) is 0 Å². The van der Waals surface area contributed by atoms with E-state index in [1.165, 1.54) is 6.20 Å². The average molecular weight is 268 g/mol. The van der Waals surface area contributed by atoms with Crippen LogP contribution in [0.25, 0.3) is 10.4 Å². The normalized spacial score (nSPS) is 22.3. The first kappa shape index (κ1) is 13.1. The maximum Gasteiger partial charge on any atom is 0.348 e. The Morgan fingerprint density at radius 2 is 2.42 bits per heavy atom. The van der Waals surface area contributed by atoms with Crippen LogP contribution >= 0.6 is 0 Å². The third-order valence-electron chi connectivity index (χ3n) is 2.75. The molecule has 2 atom stereocenters. The molecule has 1 aromatic rings. The molecule has 2 rings (SSSR count). The number of nitrogens with one attached hydrogen (secondary N) is 1. The van der Waals surface area contributed by atoms with Gasteiger partial charge < -0.3 is 5.11 Å². The topological polar surface area (TPSA) is 136 Å². The van der Waals surface area contributed by atoms with Crippen molar-refractivity contribution in [3.05, 3.63) is 43.0 Å². The molecular weight excluding hydrogens is 256 g/mol. The highest BCUT2D eigenvalue weighted by Gasteiger charge is 2.34. The molecule has 1 fully saturated rings. The van der Waals surface area contributed by atoms with E-state index in [0.29, 0.717) is 5.56 Å². The monoisotopic (exact) mass is 268 g/mol. The number of hydrogen-bond donors (Lipinski definition) is 2. The molecule has 0 radical (unpaired) electrons. The third-order valence-corrected chi connectivity index (χ3v) is 2.75. The molecule has 1 aliphatic heterocycles. The summed E-state index contributed by atoms with van der Waals surface area (Å²) in [5.74, 6) is 0. The fourth-order valence-electron chi connectivity index (χ4n) is 1.74. The Balaban J connectivity index is 2.34. The number of H-pyrrole nitrogens is 1. The average Bonchev–Trinajstić information content (AvgIpc) is 2.77. The molecule has 0 saturated carbocycles. The molecular formula is C9H12N6O4. The lowest BCUT2D eigenvalue weighted by atomic mass is 10.2. The van der Waals surface area contributed by atoms with Crippen molar-refractivity contribution >= 4 is 0 Å². The minimum absolute atomic E-state index is 0.0979. The Hall–Kier alpha value is -2.29. The molecule has 0 amide bonds. The summed E-state index contributed by atoms with van der Waals surface area (Å²) >= 11 is 0. The van der Waals surface area contributed by atoms with Crippen LogP contribution in [-0.2, 0) is 4.84 Å². The van der Waals surface area contributed by atoms with E-state index in [-0.39, 0.29) is 13.2 Å². The first-order valence-electron chi connectivity index (χ1n) is 5.49. The van der Waals surface area contributed by atoms with Gasteiger partial charge in [-0.1, -0.05) is 5.11 Å². The van der Waals surface area contributed by atoms with Crippen LogP contribution in [0.3, 0.4) is 0 Å². The van der Waals surface area contributed by atoms with E-state index in [2.05, 4.69) is 15.0 Å². The molecule has 2 heterocycles. The summed E-state index contributed by atoms with van der Waals surface area (Å²) < 4.78 is 1.06. The Kier molecular flexibility index (Phi) is 3.56. The number of aromatic nitrogens is 2. The zero-order valence-electron chi connectivity index (χ0n) is 10.1. The van der Waals surface area contributed by atoms with Crippen LogP contribution in [-0.4, -0.2) is 40.1 Å². The quantitative estimate of drug-likeness (QED) is 0.401. The van der Waals surface area contributed by atoms with Crippen molar-refractivity contribution in [2.75, 3.05) is 18.3 Å². The molecule has 1 aliphatic rings. The Bertz CT molecular complexity index is 630. The van der Waals surface area contributed by atoms with Gasteiger partial charge >= 0.3 is 5.69 Å². The lowest BCUT2D eigenvalue weighted by molar-refractivity contribution is 0.00658. The standard InChI is InChI=1S/C9H12N6O4/c1-5-2-14(9(18)11-8(5)17)15-3-6(12-13-10)7(4-16)19-15/h2,6-7,16H,3-4H2,1H3,(H,11,17,18)/t6-,7+/m0/s1. The Morgan fingerprint density at radius 1 is 1.68 bits per heavy atom. The summed E-state index contributed by atoms with van der Waals surface area (Å²) in [6.07, 6.45) is 0.587. The minimum Gasteiger partial charge on any atom is -0.394 e. The second kappa shape index (κ2) is 5.14. The van der Waals surface area contributed by atoms with Crippen LogP contribution in [0.4, 0.5) is 0 Å². The minimum atomic E-state index is -0.727. The third kappa shape index (κ3) is 2.45. The molecule has 2 N–H and O–H groups in total. The highest BCUT2D eigenvalue weighted by Crippen LogP contribution is 2.15. The molecule has 0 unspecified atom stereocenters. The lowest BCUT2D eigenvalue weighted by Gasteiger charge is -2.19. The van der Waals surface area contributed by atoms with Crippen molar-refractivity contribution in [2.24, 2.45) is 5.11 Å². The van der Waals surface area contributed by atoms with E-state index >= 15 is 0 Å².